The number of aryl methyl sites for hydroxylation is 1. The summed E-state index contributed by atoms with van der Waals surface area (Å²) < 4.78 is 0. The van der Waals surface area contributed by atoms with Crippen LogP contribution >= 0.6 is 23.1 Å². The summed E-state index contributed by atoms with van der Waals surface area (Å²) in [5, 5.41) is 15.8. The molecule has 1 aliphatic heterocycles. The maximum Gasteiger partial charge on any atom is 0.0869 e. The molecule has 2 atom stereocenters. The maximum absolute atomic E-state index is 10.2. The maximum atomic E-state index is 10.2. The molecular formula is C12H19NOS2. The highest BCUT2D eigenvalue weighted by Gasteiger charge is 2.31. The van der Waals surface area contributed by atoms with Crippen molar-refractivity contribution in [2.75, 3.05) is 18.1 Å². The molecule has 0 aromatic carbocycles. The molecule has 1 fully saturated rings. The van der Waals surface area contributed by atoms with Crippen molar-refractivity contribution in [1.29, 1.82) is 0 Å². The highest BCUT2D eigenvalue weighted by Crippen LogP contribution is 2.29. The summed E-state index contributed by atoms with van der Waals surface area (Å²) in [5.41, 5.74) is 0.863. The number of nitrogens with one attached hydrogen (secondary N) is 1. The third-order valence-corrected chi connectivity index (χ3v) is 5.55. The van der Waals surface area contributed by atoms with E-state index in [-0.39, 0.29) is 0 Å². The molecule has 16 heavy (non-hydrogen) atoms. The van der Waals surface area contributed by atoms with Crippen LogP contribution < -0.4 is 5.32 Å². The Kier molecular flexibility index (Phi) is 3.95. The van der Waals surface area contributed by atoms with Crippen LogP contribution in [0.5, 0.6) is 0 Å². The molecular weight excluding hydrogens is 238 g/mol. The first-order valence-corrected chi connectivity index (χ1v) is 7.72. The molecule has 2 nitrogen and oxygen atoms in total. The van der Waals surface area contributed by atoms with Gasteiger partial charge in [0.25, 0.3) is 0 Å². The molecule has 0 spiro atoms. The molecule has 1 saturated heterocycles. The Morgan fingerprint density at radius 1 is 1.62 bits per heavy atom. The van der Waals surface area contributed by atoms with E-state index in [0.717, 1.165) is 17.9 Å². The Morgan fingerprint density at radius 3 is 3.00 bits per heavy atom. The van der Waals surface area contributed by atoms with E-state index in [4.69, 9.17) is 0 Å². The van der Waals surface area contributed by atoms with Gasteiger partial charge in [0.15, 0.2) is 0 Å². The molecule has 1 aromatic rings. The minimum absolute atomic E-state index is 0.342. The van der Waals surface area contributed by atoms with Gasteiger partial charge in [-0.15, -0.1) is 11.3 Å². The van der Waals surface area contributed by atoms with Crippen LogP contribution in [-0.4, -0.2) is 28.8 Å². The Hall–Kier alpha value is -0.0300. The molecule has 0 radical (unpaired) electrons. The molecule has 2 N–H and O–H groups in total. The van der Waals surface area contributed by atoms with Gasteiger partial charge in [0.05, 0.1) is 5.60 Å². The first-order chi connectivity index (χ1) is 7.61. The number of hydrogen-bond donors (Lipinski definition) is 2. The van der Waals surface area contributed by atoms with Crippen LogP contribution in [0.2, 0.25) is 0 Å². The highest BCUT2D eigenvalue weighted by atomic mass is 32.2. The highest BCUT2D eigenvalue weighted by molar-refractivity contribution is 7.99. The summed E-state index contributed by atoms with van der Waals surface area (Å²) in [4.78, 5) is 1.38. The molecule has 1 aliphatic rings. The Morgan fingerprint density at radius 2 is 2.44 bits per heavy atom. The fraction of sp³-hybridized carbons (Fsp3) is 0.667. The van der Waals surface area contributed by atoms with Crippen molar-refractivity contribution in [2.24, 2.45) is 0 Å². The van der Waals surface area contributed by atoms with Gasteiger partial charge < -0.3 is 10.4 Å². The number of aliphatic hydroxyl groups is 1. The van der Waals surface area contributed by atoms with Gasteiger partial charge in [-0.1, -0.05) is 0 Å². The van der Waals surface area contributed by atoms with Crippen molar-refractivity contribution in [1.82, 2.24) is 5.32 Å². The van der Waals surface area contributed by atoms with E-state index in [1.807, 2.05) is 11.8 Å². The van der Waals surface area contributed by atoms with E-state index in [2.05, 4.69) is 30.6 Å². The van der Waals surface area contributed by atoms with E-state index < -0.39 is 5.60 Å². The lowest BCUT2D eigenvalue weighted by Gasteiger charge is -2.24. The van der Waals surface area contributed by atoms with Crippen molar-refractivity contribution in [3.8, 4) is 0 Å². The SMILES string of the molecule is Cc1ccsc1C(C)NCC1(O)CCSC1. The molecule has 0 bridgehead atoms. The number of thiophene rings is 1. The lowest BCUT2D eigenvalue weighted by Crippen LogP contribution is -2.41. The summed E-state index contributed by atoms with van der Waals surface area (Å²) >= 11 is 3.64. The van der Waals surface area contributed by atoms with E-state index >= 15 is 0 Å². The minimum Gasteiger partial charge on any atom is -0.388 e. The third kappa shape index (κ3) is 2.80. The van der Waals surface area contributed by atoms with Gasteiger partial charge >= 0.3 is 0 Å². The van der Waals surface area contributed by atoms with Crippen molar-refractivity contribution < 1.29 is 5.11 Å². The monoisotopic (exact) mass is 257 g/mol. The van der Waals surface area contributed by atoms with E-state index in [1.165, 1.54) is 10.4 Å². The molecule has 90 valence electrons. The second kappa shape index (κ2) is 5.08. The van der Waals surface area contributed by atoms with Crippen LogP contribution in [0.4, 0.5) is 0 Å². The molecule has 0 saturated carbocycles. The second-order valence-corrected chi connectivity index (χ2v) is 6.65. The van der Waals surface area contributed by atoms with Crippen LogP contribution in [0.1, 0.15) is 29.8 Å². The summed E-state index contributed by atoms with van der Waals surface area (Å²) in [6.45, 7) is 5.02. The zero-order valence-corrected chi connectivity index (χ0v) is 11.5. The van der Waals surface area contributed by atoms with Crippen LogP contribution in [0.25, 0.3) is 0 Å². The van der Waals surface area contributed by atoms with E-state index in [9.17, 15) is 5.11 Å². The fourth-order valence-corrected chi connectivity index (χ4v) is 4.25. The molecule has 2 heterocycles. The summed E-state index contributed by atoms with van der Waals surface area (Å²) in [7, 11) is 0. The number of thioether (sulfide) groups is 1. The smallest absolute Gasteiger partial charge is 0.0869 e. The molecule has 2 unspecified atom stereocenters. The summed E-state index contributed by atoms with van der Waals surface area (Å²) in [6, 6.07) is 2.49. The second-order valence-electron chi connectivity index (χ2n) is 4.60. The van der Waals surface area contributed by atoms with Gasteiger partial charge in [0.2, 0.25) is 0 Å². The van der Waals surface area contributed by atoms with Gasteiger partial charge in [0, 0.05) is 23.2 Å². The Balaban J connectivity index is 1.88. The van der Waals surface area contributed by atoms with Crippen molar-refractivity contribution in [3.63, 3.8) is 0 Å². The van der Waals surface area contributed by atoms with Crippen LogP contribution in [0, 0.1) is 6.92 Å². The molecule has 0 aliphatic carbocycles. The molecule has 1 aromatic heterocycles. The predicted molar refractivity (Wildman–Crippen MR) is 72.4 cm³/mol. The summed E-state index contributed by atoms with van der Waals surface area (Å²) in [6.07, 6.45) is 0.917. The van der Waals surface area contributed by atoms with Crippen LogP contribution in [-0.2, 0) is 0 Å². The topological polar surface area (TPSA) is 32.3 Å². The molecule has 4 heteroatoms. The average molecular weight is 257 g/mol. The Bertz CT molecular complexity index is 345. The van der Waals surface area contributed by atoms with Crippen LogP contribution in [0.3, 0.4) is 0 Å². The average Bonchev–Trinajstić information content (AvgIpc) is 2.85. The van der Waals surface area contributed by atoms with Gasteiger partial charge in [-0.2, -0.15) is 11.8 Å². The quantitative estimate of drug-likeness (QED) is 0.869. The first-order valence-electron chi connectivity index (χ1n) is 5.68. The number of rotatable bonds is 4. The molecule has 0 amide bonds. The van der Waals surface area contributed by atoms with Gasteiger partial charge in [-0.05, 0) is 43.0 Å². The third-order valence-electron chi connectivity index (χ3n) is 3.11. The standard InChI is InChI=1S/C12H19NOS2/c1-9-3-5-16-11(9)10(2)13-7-12(14)4-6-15-8-12/h3,5,10,13-14H,4,6-8H2,1-2H3. The zero-order chi connectivity index (χ0) is 11.6. The number of hydrogen-bond acceptors (Lipinski definition) is 4. The van der Waals surface area contributed by atoms with E-state index in [0.29, 0.717) is 12.6 Å². The zero-order valence-electron chi connectivity index (χ0n) is 9.82. The lowest BCUT2D eigenvalue weighted by atomic mass is 10.0. The minimum atomic E-state index is -0.482. The van der Waals surface area contributed by atoms with Gasteiger partial charge in [0.1, 0.15) is 0 Å². The normalized spacial score (nSPS) is 27.2. The van der Waals surface area contributed by atoms with Crippen molar-refractivity contribution in [2.45, 2.75) is 31.9 Å². The first kappa shape index (κ1) is 12.4. The van der Waals surface area contributed by atoms with Gasteiger partial charge in [-0.3, -0.25) is 0 Å². The van der Waals surface area contributed by atoms with Crippen molar-refractivity contribution in [3.05, 3.63) is 21.9 Å². The molecule has 2 rings (SSSR count). The van der Waals surface area contributed by atoms with Crippen molar-refractivity contribution >= 4 is 23.1 Å². The fourth-order valence-electron chi connectivity index (χ4n) is 2.00. The Labute approximate surface area is 105 Å². The van der Waals surface area contributed by atoms with Gasteiger partial charge in [-0.25, -0.2) is 0 Å². The summed E-state index contributed by atoms with van der Waals surface area (Å²) in [5.74, 6) is 1.96. The van der Waals surface area contributed by atoms with Crippen LogP contribution in [0.15, 0.2) is 11.4 Å². The largest absolute Gasteiger partial charge is 0.388 e. The van der Waals surface area contributed by atoms with E-state index in [1.54, 1.807) is 11.3 Å². The lowest BCUT2D eigenvalue weighted by molar-refractivity contribution is 0.0652. The predicted octanol–water partition coefficient (Wildman–Crippen LogP) is 2.58.